The molecule has 2 aliphatic rings. The number of rotatable bonds is 6. The maximum atomic E-state index is 13.4. The van der Waals surface area contributed by atoms with Crippen LogP contribution in [0.3, 0.4) is 0 Å². The normalized spacial score (nSPS) is 17.7. The van der Waals surface area contributed by atoms with E-state index in [2.05, 4.69) is 15.2 Å². The monoisotopic (exact) mass is 446 g/mol. The van der Waals surface area contributed by atoms with Gasteiger partial charge in [0, 0.05) is 31.5 Å². The van der Waals surface area contributed by atoms with Crippen LogP contribution >= 0.6 is 0 Å². The van der Waals surface area contributed by atoms with Gasteiger partial charge in [-0.1, -0.05) is 17.6 Å². The van der Waals surface area contributed by atoms with E-state index in [1.165, 1.54) is 10.9 Å². The molecule has 33 heavy (non-hydrogen) atoms. The van der Waals surface area contributed by atoms with Gasteiger partial charge in [-0.2, -0.15) is 0 Å². The van der Waals surface area contributed by atoms with Gasteiger partial charge >= 0.3 is 0 Å². The molecule has 0 unspecified atom stereocenters. The zero-order valence-electron chi connectivity index (χ0n) is 19.0. The molecule has 5 rings (SSSR count). The average Bonchev–Trinajstić information content (AvgIpc) is 3.63. The van der Waals surface area contributed by atoms with Crippen molar-refractivity contribution in [1.82, 2.24) is 14.5 Å². The Balaban J connectivity index is 1.49. The van der Waals surface area contributed by atoms with Crippen molar-refractivity contribution >= 4 is 35.8 Å². The predicted molar refractivity (Wildman–Crippen MR) is 129 cm³/mol. The van der Waals surface area contributed by atoms with Gasteiger partial charge in [-0.3, -0.25) is 19.1 Å². The molecule has 0 radical (unpaired) electrons. The molecule has 1 saturated heterocycles. The van der Waals surface area contributed by atoms with E-state index >= 15 is 0 Å². The Morgan fingerprint density at radius 1 is 1.21 bits per heavy atom. The SMILES string of the molecule is Bc1ccc2c(=O)n(-c3ccc(COC)c(NC(=O)C4(N5CCOCC5)CC4)c3)cnc2c1. The zero-order chi connectivity index (χ0) is 23.0. The van der Waals surface area contributed by atoms with Crippen LogP contribution in [0.15, 0.2) is 47.5 Å². The van der Waals surface area contributed by atoms with Gasteiger partial charge in [0.25, 0.3) is 5.56 Å². The second-order valence-corrected chi connectivity index (χ2v) is 8.80. The Morgan fingerprint density at radius 2 is 2.00 bits per heavy atom. The van der Waals surface area contributed by atoms with Crippen LogP contribution in [0.25, 0.3) is 16.6 Å². The second kappa shape index (κ2) is 8.74. The standard InChI is InChI=1S/C24H27BN4O4/c1-32-14-16-2-4-18(29-15-26-21-12-17(25)3-5-19(21)22(29)30)13-20(16)27-23(31)24(6-7-24)28-8-10-33-11-9-28/h2-5,12-13,15H,6-11,14,25H2,1H3,(H,27,31). The molecule has 8 nitrogen and oxygen atoms in total. The fourth-order valence-electron chi connectivity index (χ4n) is 4.56. The van der Waals surface area contributed by atoms with Crippen LogP contribution in [-0.2, 0) is 20.9 Å². The number of fused-ring (bicyclic) bond motifs is 1. The summed E-state index contributed by atoms with van der Waals surface area (Å²) in [5.74, 6) is -0.0154. The Labute approximate surface area is 192 Å². The number of methoxy groups -OCH3 is 1. The van der Waals surface area contributed by atoms with E-state index in [0.29, 0.717) is 42.1 Å². The van der Waals surface area contributed by atoms with Crippen LogP contribution in [0, 0.1) is 0 Å². The highest BCUT2D eigenvalue weighted by Crippen LogP contribution is 2.43. The average molecular weight is 446 g/mol. The van der Waals surface area contributed by atoms with E-state index in [0.717, 1.165) is 37.0 Å². The molecule has 1 amide bonds. The number of nitrogens with one attached hydrogen (secondary N) is 1. The first-order chi connectivity index (χ1) is 16.0. The molecule has 170 valence electrons. The van der Waals surface area contributed by atoms with Crippen LogP contribution < -0.4 is 16.3 Å². The van der Waals surface area contributed by atoms with E-state index in [9.17, 15) is 9.59 Å². The summed E-state index contributed by atoms with van der Waals surface area (Å²) in [6.07, 6.45) is 3.22. The van der Waals surface area contributed by atoms with E-state index in [1.54, 1.807) is 13.2 Å². The number of amides is 1. The quantitative estimate of drug-likeness (QED) is 0.559. The van der Waals surface area contributed by atoms with Gasteiger partial charge in [-0.15, -0.1) is 0 Å². The number of carbonyl (C=O) groups excluding carboxylic acids is 1. The van der Waals surface area contributed by atoms with E-state index < -0.39 is 5.54 Å². The molecule has 2 aromatic carbocycles. The summed E-state index contributed by atoms with van der Waals surface area (Å²) in [4.78, 5) is 33.2. The highest BCUT2D eigenvalue weighted by Gasteiger charge is 2.54. The van der Waals surface area contributed by atoms with E-state index in [-0.39, 0.29) is 11.5 Å². The Hall–Kier alpha value is -3.01. The van der Waals surface area contributed by atoms with E-state index in [1.807, 2.05) is 38.2 Å². The number of carbonyl (C=O) groups is 1. The second-order valence-electron chi connectivity index (χ2n) is 8.80. The van der Waals surface area contributed by atoms with Crippen LogP contribution in [0.1, 0.15) is 18.4 Å². The first kappa shape index (κ1) is 21.8. The lowest BCUT2D eigenvalue weighted by Crippen LogP contribution is -2.51. The molecule has 3 aromatic rings. The predicted octanol–water partition coefficient (Wildman–Crippen LogP) is 0.594. The van der Waals surface area contributed by atoms with Crippen molar-refractivity contribution in [2.24, 2.45) is 0 Å². The maximum Gasteiger partial charge on any atom is 0.265 e. The molecule has 1 saturated carbocycles. The summed E-state index contributed by atoms with van der Waals surface area (Å²) >= 11 is 0. The number of morpholine rings is 1. The minimum absolute atomic E-state index is 0.0154. The lowest BCUT2D eigenvalue weighted by atomic mass is 9.95. The van der Waals surface area contributed by atoms with E-state index in [4.69, 9.17) is 9.47 Å². The lowest BCUT2D eigenvalue weighted by molar-refractivity contribution is -0.124. The van der Waals surface area contributed by atoms with Crippen molar-refractivity contribution in [3.63, 3.8) is 0 Å². The Kier molecular flexibility index (Phi) is 5.78. The van der Waals surface area contributed by atoms with Gasteiger partial charge in [-0.05, 0) is 37.1 Å². The summed E-state index contributed by atoms with van der Waals surface area (Å²) in [6.45, 7) is 3.17. The van der Waals surface area contributed by atoms with Gasteiger partial charge in [0.1, 0.15) is 19.7 Å². The third-order valence-corrected chi connectivity index (χ3v) is 6.60. The van der Waals surface area contributed by atoms with Crippen LogP contribution in [0.5, 0.6) is 0 Å². The number of aromatic nitrogens is 2. The van der Waals surface area contributed by atoms with Crippen LogP contribution in [0.4, 0.5) is 5.69 Å². The molecule has 9 heteroatoms. The van der Waals surface area contributed by atoms with Gasteiger partial charge in [0.05, 0.1) is 36.4 Å². The van der Waals surface area contributed by atoms with Crippen LogP contribution in [-0.4, -0.2) is 67.2 Å². The van der Waals surface area contributed by atoms with Crippen molar-refractivity contribution in [3.8, 4) is 5.69 Å². The van der Waals surface area contributed by atoms with Crippen molar-refractivity contribution < 1.29 is 14.3 Å². The summed E-state index contributed by atoms with van der Waals surface area (Å²) < 4.78 is 12.3. The fourth-order valence-corrected chi connectivity index (χ4v) is 4.56. The summed E-state index contributed by atoms with van der Waals surface area (Å²) in [7, 11) is 3.59. The molecule has 0 bridgehead atoms. The third kappa shape index (κ3) is 4.08. The third-order valence-electron chi connectivity index (χ3n) is 6.60. The summed E-state index contributed by atoms with van der Waals surface area (Å²) in [6, 6.07) is 11.2. The Morgan fingerprint density at radius 3 is 2.73 bits per heavy atom. The largest absolute Gasteiger partial charge is 0.380 e. The van der Waals surface area contributed by atoms with Crippen LogP contribution in [0.2, 0.25) is 0 Å². The van der Waals surface area contributed by atoms with Crippen molar-refractivity contribution in [3.05, 3.63) is 58.6 Å². The first-order valence-corrected chi connectivity index (χ1v) is 11.3. The highest BCUT2D eigenvalue weighted by molar-refractivity contribution is 6.33. The van der Waals surface area contributed by atoms with Crippen molar-refractivity contribution in [1.29, 1.82) is 0 Å². The lowest BCUT2D eigenvalue weighted by Gasteiger charge is -2.34. The number of ether oxygens (including phenoxy) is 2. The highest BCUT2D eigenvalue weighted by atomic mass is 16.5. The first-order valence-electron chi connectivity index (χ1n) is 11.3. The molecule has 1 aliphatic heterocycles. The fraction of sp³-hybridized carbons (Fsp3) is 0.375. The number of hydrogen-bond donors (Lipinski definition) is 1. The molecule has 0 spiro atoms. The van der Waals surface area contributed by atoms with Gasteiger partial charge in [0.15, 0.2) is 0 Å². The van der Waals surface area contributed by atoms with Gasteiger partial charge in [-0.25, -0.2) is 4.98 Å². The smallest absolute Gasteiger partial charge is 0.265 e. The molecule has 1 aliphatic carbocycles. The minimum atomic E-state index is -0.469. The summed E-state index contributed by atoms with van der Waals surface area (Å²) in [5, 5.41) is 3.69. The molecule has 1 aromatic heterocycles. The zero-order valence-corrected chi connectivity index (χ0v) is 19.0. The summed E-state index contributed by atoms with van der Waals surface area (Å²) in [5.41, 5.74) is 3.24. The number of benzene rings is 2. The maximum absolute atomic E-state index is 13.4. The number of anilines is 1. The molecular formula is C24H27BN4O4. The topological polar surface area (TPSA) is 85.7 Å². The van der Waals surface area contributed by atoms with Gasteiger partial charge < -0.3 is 14.8 Å². The molecule has 2 heterocycles. The molecular weight excluding hydrogens is 419 g/mol. The van der Waals surface area contributed by atoms with Crippen molar-refractivity contribution in [2.45, 2.75) is 25.0 Å². The minimum Gasteiger partial charge on any atom is -0.380 e. The molecule has 0 atom stereocenters. The number of nitrogens with zero attached hydrogens (tertiary/aromatic N) is 3. The van der Waals surface area contributed by atoms with Crippen molar-refractivity contribution in [2.75, 3.05) is 38.7 Å². The number of hydrogen-bond acceptors (Lipinski definition) is 6. The van der Waals surface area contributed by atoms with Gasteiger partial charge in [0.2, 0.25) is 5.91 Å². The molecule has 2 fully saturated rings. The Bertz CT molecular complexity index is 1270. The molecule has 1 N–H and O–H groups in total.